The molecule has 4 heteroatoms. The molecule has 0 fully saturated rings. The van der Waals surface area contributed by atoms with E-state index in [2.05, 4.69) is 15.9 Å². The maximum absolute atomic E-state index is 12.4. The van der Waals surface area contributed by atoms with E-state index >= 15 is 0 Å². The van der Waals surface area contributed by atoms with Gasteiger partial charge in [0, 0.05) is 22.1 Å². The fourth-order valence-electron chi connectivity index (χ4n) is 2.04. The molecular formula is C16H18BrNO2. The summed E-state index contributed by atoms with van der Waals surface area (Å²) in [4.78, 5) is 14.5. The van der Waals surface area contributed by atoms with Crippen molar-refractivity contribution in [3.63, 3.8) is 0 Å². The van der Waals surface area contributed by atoms with E-state index < -0.39 is 0 Å². The number of hydrogen-bond acceptors (Lipinski definition) is 3. The van der Waals surface area contributed by atoms with Crippen LogP contribution in [0.4, 0.5) is 0 Å². The van der Waals surface area contributed by atoms with Crippen LogP contribution in [0.15, 0.2) is 45.5 Å². The van der Waals surface area contributed by atoms with Crippen molar-refractivity contribution in [2.75, 3.05) is 7.05 Å². The number of likely N-dealkylation sites (N-methyl/N-ethyl adjacent to an activating group) is 1. The average molecular weight is 336 g/mol. The van der Waals surface area contributed by atoms with Crippen molar-refractivity contribution in [3.05, 3.63) is 58.0 Å². The molecule has 0 aliphatic rings. The molecule has 1 atom stereocenters. The third kappa shape index (κ3) is 3.38. The third-order valence-corrected chi connectivity index (χ3v) is 4.08. The molecule has 0 amide bonds. The predicted molar refractivity (Wildman–Crippen MR) is 82.8 cm³/mol. The minimum absolute atomic E-state index is 0.126. The molecule has 106 valence electrons. The molecule has 0 saturated heterocycles. The Morgan fingerprint density at radius 3 is 2.50 bits per heavy atom. The van der Waals surface area contributed by atoms with Crippen molar-refractivity contribution < 1.29 is 9.21 Å². The zero-order chi connectivity index (χ0) is 14.7. The number of halogens is 1. The van der Waals surface area contributed by atoms with Crippen LogP contribution in [-0.4, -0.2) is 23.8 Å². The number of Topliss-reactive ketones (excluding diaryl/α,β-unsaturated/α-hetero) is 1. The Hall–Kier alpha value is -1.39. The number of carbonyl (C=O) groups excluding carboxylic acids is 1. The molecule has 0 saturated carbocycles. The van der Waals surface area contributed by atoms with E-state index in [4.69, 9.17) is 4.42 Å². The van der Waals surface area contributed by atoms with E-state index in [1.807, 2.05) is 56.1 Å². The van der Waals surface area contributed by atoms with Gasteiger partial charge in [-0.2, -0.15) is 0 Å². The molecule has 0 spiro atoms. The summed E-state index contributed by atoms with van der Waals surface area (Å²) >= 11 is 3.38. The number of benzene rings is 1. The second-order valence-corrected chi connectivity index (χ2v) is 5.88. The van der Waals surface area contributed by atoms with Gasteiger partial charge in [0.15, 0.2) is 5.78 Å². The molecule has 3 nitrogen and oxygen atoms in total. The van der Waals surface area contributed by atoms with E-state index in [9.17, 15) is 4.79 Å². The second-order valence-electron chi connectivity index (χ2n) is 4.96. The minimum Gasteiger partial charge on any atom is -0.469 e. The molecular weight excluding hydrogens is 318 g/mol. The quantitative estimate of drug-likeness (QED) is 0.772. The van der Waals surface area contributed by atoms with Gasteiger partial charge >= 0.3 is 0 Å². The van der Waals surface area contributed by atoms with Gasteiger partial charge in [-0.1, -0.05) is 28.1 Å². The molecule has 0 N–H and O–H groups in total. The Labute approximate surface area is 127 Å². The Balaban J connectivity index is 2.06. The Morgan fingerprint density at radius 1 is 1.30 bits per heavy atom. The molecule has 20 heavy (non-hydrogen) atoms. The number of aryl methyl sites for hydroxylation is 1. The zero-order valence-corrected chi connectivity index (χ0v) is 13.5. The zero-order valence-electron chi connectivity index (χ0n) is 11.9. The van der Waals surface area contributed by atoms with Crippen molar-refractivity contribution in [1.82, 2.24) is 4.90 Å². The van der Waals surface area contributed by atoms with Gasteiger partial charge in [-0.25, -0.2) is 0 Å². The lowest BCUT2D eigenvalue weighted by Gasteiger charge is -2.23. The molecule has 2 rings (SSSR count). The number of carbonyl (C=O) groups is 1. The Morgan fingerprint density at radius 2 is 1.95 bits per heavy atom. The topological polar surface area (TPSA) is 33.5 Å². The molecule has 1 heterocycles. The highest BCUT2D eigenvalue weighted by Crippen LogP contribution is 2.16. The lowest BCUT2D eigenvalue weighted by atomic mass is 10.0. The van der Waals surface area contributed by atoms with Crippen LogP contribution in [0, 0.1) is 6.92 Å². The molecule has 0 aliphatic heterocycles. The van der Waals surface area contributed by atoms with Crippen molar-refractivity contribution in [3.8, 4) is 0 Å². The van der Waals surface area contributed by atoms with Crippen LogP contribution in [0.1, 0.15) is 28.6 Å². The molecule has 1 unspecified atom stereocenters. The van der Waals surface area contributed by atoms with Crippen LogP contribution in [0.2, 0.25) is 0 Å². The third-order valence-electron chi connectivity index (χ3n) is 3.56. The summed E-state index contributed by atoms with van der Waals surface area (Å²) < 4.78 is 6.26. The number of hydrogen-bond donors (Lipinski definition) is 0. The van der Waals surface area contributed by atoms with E-state index in [0.29, 0.717) is 6.54 Å². The van der Waals surface area contributed by atoms with Gasteiger partial charge in [0.05, 0.1) is 12.3 Å². The first-order valence-electron chi connectivity index (χ1n) is 6.52. The second kappa shape index (κ2) is 6.37. The SMILES string of the molecule is Cc1occc1CN(C)C(C)C(=O)c1ccc(Br)cc1. The van der Waals surface area contributed by atoms with Gasteiger partial charge in [0.25, 0.3) is 0 Å². The summed E-state index contributed by atoms with van der Waals surface area (Å²) in [5, 5.41) is 0. The van der Waals surface area contributed by atoms with Crippen LogP contribution >= 0.6 is 15.9 Å². The summed E-state index contributed by atoms with van der Waals surface area (Å²) in [6, 6.07) is 9.24. The molecule has 1 aromatic heterocycles. The van der Waals surface area contributed by atoms with E-state index in [-0.39, 0.29) is 11.8 Å². The Kier molecular flexibility index (Phi) is 4.78. The lowest BCUT2D eigenvalue weighted by molar-refractivity contribution is 0.0861. The van der Waals surface area contributed by atoms with Gasteiger partial charge in [0.1, 0.15) is 5.76 Å². The van der Waals surface area contributed by atoms with Crippen molar-refractivity contribution >= 4 is 21.7 Å². The fourth-order valence-corrected chi connectivity index (χ4v) is 2.30. The van der Waals surface area contributed by atoms with Crippen molar-refractivity contribution in [2.24, 2.45) is 0 Å². The summed E-state index contributed by atoms with van der Waals surface area (Å²) in [7, 11) is 1.95. The van der Waals surface area contributed by atoms with Crippen LogP contribution in [0.3, 0.4) is 0 Å². The highest BCUT2D eigenvalue weighted by molar-refractivity contribution is 9.10. The van der Waals surface area contributed by atoms with Crippen LogP contribution in [0.25, 0.3) is 0 Å². The van der Waals surface area contributed by atoms with Crippen molar-refractivity contribution in [2.45, 2.75) is 26.4 Å². The number of ketones is 1. The first-order chi connectivity index (χ1) is 9.49. The van der Waals surface area contributed by atoms with Crippen molar-refractivity contribution in [1.29, 1.82) is 0 Å². The summed E-state index contributed by atoms with van der Waals surface area (Å²) in [6.45, 7) is 4.57. The average Bonchev–Trinajstić information content (AvgIpc) is 2.83. The lowest BCUT2D eigenvalue weighted by Crippen LogP contribution is -2.35. The standard InChI is InChI=1S/C16H18BrNO2/c1-11(16(19)13-4-6-15(17)7-5-13)18(3)10-14-8-9-20-12(14)2/h4-9,11H,10H2,1-3H3. The van der Waals surface area contributed by atoms with Gasteiger partial charge in [-0.15, -0.1) is 0 Å². The summed E-state index contributed by atoms with van der Waals surface area (Å²) in [6.07, 6.45) is 1.68. The van der Waals surface area contributed by atoms with Gasteiger partial charge < -0.3 is 4.42 Å². The number of rotatable bonds is 5. The van der Waals surface area contributed by atoms with E-state index in [1.165, 1.54) is 0 Å². The fraction of sp³-hybridized carbons (Fsp3) is 0.312. The molecule has 1 aromatic carbocycles. The maximum atomic E-state index is 12.4. The monoisotopic (exact) mass is 335 g/mol. The molecule has 2 aromatic rings. The number of furan rings is 1. The van der Waals surface area contributed by atoms with Gasteiger partial charge in [-0.05, 0) is 39.1 Å². The first-order valence-corrected chi connectivity index (χ1v) is 7.31. The highest BCUT2D eigenvalue weighted by atomic mass is 79.9. The maximum Gasteiger partial charge on any atom is 0.179 e. The summed E-state index contributed by atoms with van der Waals surface area (Å²) in [5.41, 5.74) is 1.85. The van der Waals surface area contributed by atoms with E-state index in [0.717, 1.165) is 21.4 Å². The molecule has 0 radical (unpaired) electrons. The van der Waals surface area contributed by atoms with Crippen LogP contribution in [-0.2, 0) is 6.54 Å². The van der Waals surface area contributed by atoms with Crippen LogP contribution in [0.5, 0.6) is 0 Å². The van der Waals surface area contributed by atoms with Crippen LogP contribution < -0.4 is 0 Å². The normalized spacial score (nSPS) is 12.7. The van der Waals surface area contributed by atoms with Gasteiger partial charge in [0.2, 0.25) is 0 Å². The highest BCUT2D eigenvalue weighted by Gasteiger charge is 2.20. The number of nitrogens with zero attached hydrogens (tertiary/aromatic N) is 1. The first kappa shape index (κ1) is 15.0. The largest absolute Gasteiger partial charge is 0.469 e. The minimum atomic E-state index is -0.175. The predicted octanol–water partition coefficient (Wildman–Crippen LogP) is 4.05. The summed E-state index contributed by atoms with van der Waals surface area (Å²) in [5.74, 6) is 1.03. The smallest absolute Gasteiger partial charge is 0.179 e. The molecule has 0 bridgehead atoms. The molecule has 0 aliphatic carbocycles. The van der Waals surface area contributed by atoms with Gasteiger partial charge in [-0.3, -0.25) is 9.69 Å². The van der Waals surface area contributed by atoms with E-state index in [1.54, 1.807) is 6.26 Å². The Bertz CT molecular complexity index is 589.